The van der Waals surface area contributed by atoms with Gasteiger partial charge in [-0.25, -0.2) is 0 Å². The minimum atomic E-state index is 0.249. The van der Waals surface area contributed by atoms with Crippen LogP contribution < -0.4 is 0 Å². The van der Waals surface area contributed by atoms with E-state index in [9.17, 15) is 4.79 Å². The van der Waals surface area contributed by atoms with Crippen molar-refractivity contribution in [2.24, 2.45) is 0 Å². The van der Waals surface area contributed by atoms with Crippen molar-refractivity contribution >= 4 is 5.78 Å². The van der Waals surface area contributed by atoms with E-state index >= 15 is 0 Å². The Kier molecular flexibility index (Phi) is 3.02. The lowest BCUT2D eigenvalue weighted by Gasteiger charge is -1.98. The van der Waals surface area contributed by atoms with Crippen LogP contribution in [0.4, 0.5) is 0 Å². The molecule has 1 rings (SSSR count). The monoisotopic (exact) mass is 166 g/mol. The van der Waals surface area contributed by atoms with Crippen LogP contribution in [0, 0.1) is 6.92 Å². The van der Waals surface area contributed by atoms with Crippen LogP contribution >= 0.6 is 0 Å². The fourth-order valence-corrected chi connectivity index (χ4v) is 1.08. The normalized spacial score (nSPS) is 10.2. The second kappa shape index (κ2) is 4.04. The summed E-state index contributed by atoms with van der Waals surface area (Å²) in [4.78, 5) is 10.6. The number of Topliss-reactive ketones (excluding diaryl/α,β-unsaturated/α-hetero) is 1. The van der Waals surface area contributed by atoms with Crippen molar-refractivity contribution in [2.75, 3.05) is 0 Å². The van der Waals surface area contributed by atoms with Crippen LogP contribution in [0.5, 0.6) is 0 Å². The van der Waals surface area contributed by atoms with E-state index in [1.165, 1.54) is 0 Å². The molecule has 0 aliphatic heterocycles. The Labute approximate surface area is 72.4 Å². The van der Waals surface area contributed by atoms with E-state index in [2.05, 4.69) is 5.10 Å². The largest absolute Gasteiger partial charge is 0.300 e. The van der Waals surface area contributed by atoms with Gasteiger partial charge in [0.05, 0.1) is 6.20 Å². The zero-order valence-electron chi connectivity index (χ0n) is 7.58. The Morgan fingerprint density at radius 2 is 2.42 bits per heavy atom. The van der Waals surface area contributed by atoms with Gasteiger partial charge in [-0.15, -0.1) is 0 Å². The van der Waals surface area contributed by atoms with Crippen molar-refractivity contribution in [3.05, 3.63) is 18.0 Å². The first kappa shape index (κ1) is 8.97. The summed E-state index contributed by atoms with van der Waals surface area (Å²) in [6, 6.07) is 0. The Morgan fingerprint density at radius 3 is 2.92 bits per heavy atom. The van der Waals surface area contributed by atoms with Crippen LogP contribution in [0.1, 0.15) is 25.3 Å². The van der Waals surface area contributed by atoms with Crippen molar-refractivity contribution in [3.8, 4) is 0 Å². The van der Waals surface area contributed by atoms with Gasteiger partial charge in [-0.1, -0.05) is 0 Å². The van der Waals surface area contributed by atoms with E-state index in [-0.39, 0.29) is 5.78 Å². The van der Waals surface area contributed by atoms with Gasteiger partial charge in [0.15, 0.2) is 0 Å². The molecule has 0 unspecified atom stereocenters. The summed E-state index contributed by atoms with van der Waals surface area (Å²) in [7, 11) is 0. The molecule has 0 aromatic carbocycles. The zero-order valence-corrected chi connectivity index (χ0v) is 7.58. The van der Waals surface area contributed by atoms with Gasteiger partial charge >= 0.3 is 0 Å². The van der Waals surface area contributed by atoms with Crippen LogP contribution in [-0.4, -0.2) is 15.6 Å². The molecule has 66 valence electrons. The van der Waals surface area contributed by atoms with Gasteiger partial charge in [0.2, 0.25) is 0 Å². The topological polar surface area (TPSA) is 34.9 Å². The second-order valence-electron chi connectivity index (χ2n) is 3.09. The molecule has 12 heavy (non-hydrogen) atoms. The summed E-state index contributed by atoms with van der Waals surface area (Å²) in [5.41, 5.74) is 1.16. The number of ketones is 1. The number of rotatable bonds is 4. The van der Waals surface area contributed by atoms with Crippen LogP contribution in [-0.2, 0) is 11.3 Å². The van der Waals surface area contributed by atoms with Crippen LogP contribution in [0.2, 0.25) is 0 Å². The number of carbonyl (C=O) groups excluding carboxylic acids is 1. The molecule has 0 radical (unpaired) electrons. The quantitative estimate of drug-likeness (QED) is 0.680. The van der Waals surface area contributed by atoms with Crippen LogP contribution in [0.25, 0.3) is 0 Å². The first-order valence-corrected chi connectivity index (χ1v) is 4.17. The van der Waals surface area contributed by atoms with E-state index < -0.39 is 0 Å². The maximum Gasteiger partial charge on any atom is 0.129 e. The molecule has 0 amide bonds. The fraction of sp³-hybridized carbons (Fsp3) is 0.556. The Balaban J connectivity index is 2.29. The highest BCUT2D eigenvalue weighted by atomic mass is 16.1. The number of hydrogen-bond acceptors (Lipinski definition) is 2. The molecule has 1 aromatic heterocycles. The maximum atomic E-state index is 10.6. The van der Waals surface area contributed by atoms with Gasteiger partial charge in [0, 0.05) is 19.2 Å². The molecule has 3 nitrogen and oxygen atoms in total. The van der Waals surface area contributed by atoms with Gasteiger partial charge in [-0.2, -0.15) is 5.10 Å². The average molecular weight is 166 g/mol. The summed E-state index contributed by atoms with van der Waals surface area (Å²) in [6.45, 7) is 4.47. The van der Waals surface area contributed by atoms with E-state index in [1.54, 1.807) is 6.92 Å². The standard InChI is InChI=1S/C9H14N2O/c1-8-6-10-11(7-8)5-3-4-9(2)12/h6-7H,3-5H2,1-2H3. The summed E-state index contributed by atoms with van der Waals surface area (Å²) >= 11 is 0. The number of aryl methyl sites for hydroxylation is 2. The molecule has 1 aromatic rings. The first-order valence-electron chi connectivity index (χ1n) is 4.17. The van der Waals surface area contributed by atoms with Crippen molar-refractivity contribution in [2.45, 2.75) is 33.2 Å². The highest BCUT2D eigenvalue weighted by Crippen LogP contribution is 1.98. The molecule has 0 spiro atoms. The Hall–Kier alpha value is -1.12. The van der Waals surface area contributed by atoms with Crippen molar-refractivity contribution < 1.29 is 4.79 Å². The molecule has 0 bridgehead atoms. The third-order valence-corrected chi connectivity index (χ3v) is 1.68. The lowest BCUT2D eigenvalue weighted by Crippen LogP contribution is -2.00. The second-order valence-corrected chi connectivity index (χ2v) is 3.09. The molecule has 0 aliphatic rings. The fourth-order valence-electron chi connectivity index (χ4n) is 1.08. The van der Waals surface area contributed by atoms with Crippen LogP contribution in [0.3, 0.4) is 0 Å². The molecule has 3 heteroatoms. The van der Waals surface area contributed by atoms with E-state index in [0.717, 1.165) is 18.5 Å². The Morgan fingerprint density at radius 1 is 1.67 bits per heavy atom. The Bertz CT molecular complexity index is 265. The van der Waals surface area contributed by atoms with E-state index in [1.807, 2.05) is 24.0 Å². The van der Waals surface area contributed by atoms with Gasteiger partial charge < -0.3 is 4.79 Å². The molecular weight excluding hydrogens is 152 g/mol. The van der Waals surface area contributed by atoms with Gasteiger partial charge in [-0.05, 0) is 25.8 Å². The predicted octanol–water partition coefficient (Wildman–Crippen LogP) is 1.56. The molecule has 0 fully saturated rings. The van der Waals surface area contributed by atoms with E-state index in [0.29, 0.717) is 6.42 Å². The minimum absolute atomic E-state index is 0.249. The highest BCUT2D eigenvalue weighted by molar-refractivity contribution is 5.75. The van der Waals surface area contributed by atoms with Crippen molar-refractivity contribution in [1.29, 1.82) is 0 Å². The van der Waals surface area contributed by atoms with Crippen molar-refractivity contribution in [1.82, 2.24) is 9.78 Å². The van der Waals surface area contributed by atoms with Gasteiger partial charge in [0.1, 0.15) is 5.78 Å². The van der Waals surface area contributed by atoms with Gasteiger partial charge in [0.25, 0.3) is 0 Å². The lowest BCUT2D eigenvalue weighted by atomic mass is 10.2. The molecule has 0 atom stereocenters. The predicted molar refractivity (Wildman–Crippen MR) is 46.9 cm³/mol. The number of nitrogens with zero attached hydrogens (tertiary/aromatic N) is 2. The van der Waals surface area contributed by atoms with Crippen LogP contribution in [0.15, 0.2) is 12.4 Å². The number of hydrogen-bond donors (Lipinski definition) is 0. The smallest absolute Gasteiger partial charge is 0.129 e. The molecule has 1 heterocycles. The summed E-state index contributed by atoms with van der Waals surface area (Å²) < 4.78 is 1.87. The maximum absolute atomic E-state index is 10.6. The summed E-state index contributed by atoms with van der Waals surface area (Å²) in [6.07, 6.45) is 5.35. The van der Waals surface area contributed by atoms with Crippen molar-refractivity contribution in [3.63, 3.8) is 0 Å². The molecule has 0 aliphatic carbocycles. The SMILES string of the molecule is CC(=O)CCCn1cc(C)cn1. The third-order valence-electron chi connectivity index (χ3n) is 1.68. The summed E-state index contributed by atoms with van der Waals surface area (Å²) in [5.74, 6) is 0.249. The first-order chi connectivity index (χ1) is 5.68. The average Bonchev–Trinajstić information content (AvgIpc) is 2.35. The molecule has 0 saturated carbocycles. The zero-order chi connectivity index (χ0) is 8.97. The van der Waals surface area contributed by atoms with E-state index in [4.69, 9.17) is 0 Å². The minimum Gasteiger partial charge on any atom is -0.300 e. The van der Waals surface area contributed by atoms with Gasteiger partial charge in [-0.3, -0.25) is 4.68 Å². The summed E-state index contributed by atoms with van der Waals surface area (Å²) in [5, 5.41) is 4.12. The lowest BCUT2D eigenvalue weighted by molar-refractivity contribution is -0.117. The number of aromatic nitrogens is 2. The molecular formula is C9H14N2O. The molecule has 0 saturated heterocycles. The molecule has 0 N–H and O–H groups in total. The third kappa shape index (κ3) is 2.86. The number of carbonyl (C=O) groups is 1. The highest BCUT2D eigenvalue weighted by Gasteiger charge is 1.95.